The minimum absolute atomic E-state index is 0.644. The van der Waals surface area contributed by atoms with Gasteiger partial charge < -0.3 is 5.32 Å². The van der Waals surface area contributed by atoms with E-state index in [9.17, 15) is 0 Å². The van der Waals surface area contributed by atoms with E-state index < -0.39 is 0 Å². The lowest BCUT2D eigenvalue weighted by molar-refractivity contribution is 0.385. The molecule has 1 aromatic carbocycles. The van der Waals surface area contributed by atoms with Crippen molar-refractivity contribution in [1.82, 2.24) is 5.32 Å². The van der Waals surface area contributed by atoms with Gasteiger partial charge in [0.2, 0.25) is 0 Å². The maximum atomic E-state index is 3.58. The number of aryl methyl sites for hydroxylation is 2. The lowest BCUT2D eigenvalue weighted by Crippen LogP contribution is -2.34. The summed E-state index contributed by atoms with van der Waals surface area (Å²) < 4.78 is 0. The fraction of sp³-hybridized carbons (Fsp3) is 0.625. The van der Waals surface area contributed by atoms with Crippen LogP contribution in [0.25, 0.3) is 0 Å². The molecule has 0 aliphatic carbocycles. The molecule has 17 heavy (non-hydrogen) atoms. The van der Waals surface area contributed by atoms with Crippen molar-refractivity contribution in [3.05, 3.63) is 35.4 Å². The summed E-state index contributed by atoms with van der Waals surface area (Å²) in [5.41, 5.74) is 2.93. The summed E-state index contributed by atoms with van der Waals surface area (Å²) in [6.45, 7) is 10.1. The van der Waals surface area contributed by atoms with E-state index in [1.165, 1.54) is 24.0 Å². The third kappa shape index (κ3) is 4.91. The number of hydrogen-bond acceptors (Lipinski definition) is 1. The number of rotatable bonds is 7. The molecule has 0 aliphatic heterocycles. The van der Waals surface area contributed by atoms with Gasteiger partial charge in [0.05, 0.1) is 0 Å². The second kappa shape index (κ2) is 7.50. The van der Waals surface area contributed by atoms with Gasteiger partial charge in [0.15, 0.2) is 0 Å². The van der Waals surface area contributed by atoms with Crippen molar-refractivity contribution < 1.29 is 0 Å². The van der Waals surface area contributed by atoms with Gasteiger partial charge in [-0.05, 0) is 42.9 Å². The Morgan fingerprint density at radius 1 is 1.12 bits per heavy atom. The second-order valence-corrected chi connectivity index (χ2v) is 5.12. The van der Waals surface area contributed by atoms with Crippen LogP contribution in [0.4, 0.5) is 0 Å². The van der Waals surface area contributed by atoms with Gasteiger partial charge in [-0.1, -0.05) is 52.0 Å². The first-order valence-corrected chi connectivity index (χ1v) is 6.98. The van der Waals surface area contributed by atoms with Crippen LogP contribution in [-0.4, -0.2) is 12.6 Å². The lowest BCUT2D eigenvalue weighted by Gasteiger charge is -2.21. The Morgan fingerprint density at radius 3 is 2.41 bits per heavy atom. The van der Waals surface area contributed by atoms with Gasteiger partial charge in [-0.2, -0.15) is 0 Å². The Labute approximate surface area is 107 Å². The van der Waals surface area contributed by atoms with Crippen LogP contribution in [0.2, 0.25) is 0 Å². The highest BCUT2D eigenvalue weighted by Crippen LogP contribution is 2.13. The van der Waals surface area contributed by atoms with Crippen molar-refractivity contribution in [3.63, 3.8) is 0 Å². The largest absolute Gasteiger partial charge is 0.314 e. The first kappa shape index (κ1) is 14.2. The van der Waals surface area contributed by atoms with Crippen molar-refractivity contribution in [2.24, 2.45) is 5.92 Å². The molecular formula is C16H27N. The molecule has 1 heteroatoms. The van der Waals surface area contributed by atoms with E-state index in [-0.39, 0.29) is 0 Å². The van der Waals surface area contributed by atoms with E-state index in [4.69, 9.17) is 0 Å². The third-order valence-electron chi connectivity index (χ3n) is 3.41. The lowest BCUT2D eigenvalue weighted by atomic mass is 9.96. The van der Waals surface area contributed by atoms with E-state index in [0.29, 0.717) is 12.0 Å². The molecule has 1 aromatic rings. The van der Waals surface area contributed by atoms with Gasteiger partial charge in [0.1, 0.15) is 0 Å². The highest BCUT2D eigenvalue weighted by atomic mass is 14.9. The summed E-state index contributed by atoms with van der Waals surface area (Å²) in [7, 11) is 0. The van der Waals surface area contributed by atoms with Gasteiger partial charge >= 0.3 is 0 Å². The first-order chi connectivity index (χ1) is 8.17. The van der Waals surface area contributed by atoms with Crippen molar-refractivity contribution in [2.75, 3.05) is 6.54 Å². The number of hydrogen-bond donors (Lipinski definition) is 1. The fourth-order valence-corrected chi connectivity index (χ4v) is 2.26. The molecule has 96 valence electrons. The zero-order chi connectivity index (χ0) is 12.7. The average Bonchev–Trinajstić information content (AvgIpc) is 2.34. The molecular weight excluding hydrogens is 206 g/mol. The molecule has 1 nitrogen and oxygen atoms in total. The highest BCUT2D eigenvalue weighted by molar-refractivity contribution is 5.23. The molecule has 0 saturated heterocycles. The molecule has 1 rings (SSSR count). The van der Waals surface area contributed by atoms with E-state index in [1.54, 1.807) is 0 Å². The highest BCUT2D eigenvalue weighted by Gasteiger charge is 2.11. The Kier molecular flexibility index (Phi) is 6.28. The summed E-state index contributed by atoms with van der Waals surface area (Å²) in [6, 6.07) is 9.65. The molecule has 0 heterocycles. The van der Waals surface area contributed by atoms with Gasteiger partial charge in [-0.25, -0.2) is 0 Å². The molecule has 0 saturated carbocycles. The van der Waals surface area contributed by atoms with E-state index in [1.807, 2.05) is 0 Å². The van der Waals surface area contributed by atoms with Crippen LogP contribution in [0.15, 0.2) is 24.3 Å². The first-order valence-electron chi connectivity index (χ1n) is 6.98. The van der Waals surface area contributed by atoms with Crippen molar-refractivity contribution >= 4 is 0 Å². The maximum Gasteiger partial charge on any atom is 0.00931 e. The molecule has 0 bridgehead atoms. The minimum atomic E-state index is 0.644. The van der Waals surface area contributed by atoms with Crippen molar-refractivity contribution in [1.29, 1.82) is 0 Å². The quantitative estimate of drug-likeness (QED) is 0.755. The predicted octanol–water partition coefficient (Wildman–Crippen LogP) is 3.82. The van der Waals surface area contributed by atoms with Gasteiger partial charge in [0.25, 0.3) is 0 Å². The molecule has 0 aliphatic rings. The zero-order valence-corrected chi connectivity index (χ0v) is 11.8. The summed E-state index contributed by atoms with van der Waals surface area (Å²) >= 11 is 0. The second-order valence-electron chi connectivity index (χ2n) is 5.12. The van der Waals surface area contributed by atoms with E-state index in [2.05, 4.69) is 57.3 Å². The van der Waals surface area contributed by atoms with Crippen LogP contribution in [0.3, 0.4) is 0 Å². The van der Waals surface area contributed by atoms with Crippen LogP contribution in [0.1, 0.15) is 45.2 Å². The summed E-state index contributed by atoms with van der Waals surface area (Å²) in [6.07, 6.45) is 3.55. The summed E-state index contributed by atoms with van der Waals surface area (Å²) in [5.74, 6) is 0.712. The van der Waals surface area contributed by atoms with Crippen molar-refractivity contribution in [2.45, 2.75) is 53.0 Å². The van der Waals surface area contributed by atoms with Crippen molar-refractivity contribution in [3.8, 4) is 0 Å². The Balaban J connectivity index is 2.52. The number of benzene rings is 1. The third-order valence-corrected chi connectivity index (χ3v) is 3.41. The predicted molar refractivity (Wildman–Crippen MR) is 76.4 cm³/mol. The van der Waals surface area contributed by atoms with Gasteiger partial charge in [-0.15, -0.1) is 0 Å². The van der Waals surface area contributed by atoms with Gasteiger partial charge in [-0.3, -0.25) is 0 Å². The van der Waals surface area contributed by atoms with Crippen LogP contribution in [-0.2, 0) is 12.8 Å². The maximum absolute atomic E-state index is 3.58. The standard InChI is InChI=1S/C16H27N/c1-5-14-8-7-9-15(12-14)10-11-16(13(3)4)17-6-2/h7-9,12-13,16-17H,5-6,10-11H2,1-4H3. The monoisotopic (exact) mass is 233 g/mol. The van der Waals surface area contributed by atoms with Crippen LogP contribution in [0.5, 0.6) is 0 Å². The molecule has 0 amide bonds. The zero-order valence-electron chi connectivity index (χ0n) is 11.8. The van der Waals surface area contributed by atoms with E-state index >= 15 is 0 Å². The smallest absolute Gasteiger partial charge is 0.00931 e. The molecule has 1 atom stereocenters. The van der Waals surface area contributed by atoms with Crippen LogP contribution < -0.4 is 5.32 Å². The molecule has 0 radical (unpaired) electrons. The average molecular weight is 233 g/mol. The molecule has 0 aromatic heterocycles. The molecule has 0 fully saturated rings. The summed E-state index contributed by atoms with van der Waals surface area (Å²) in [5, 5.41) is 3.58. The fourth-order valence-electron chi connectivity index (χ4n) is 2.26. The molecule has 1 N–H and O–H groups in total. The minimum Gasteiger partial charge on any atom is -0.314 e. The van der Waals surface area contributed by atoms with Crippen LogP contribution >= 0.6 is 0 Å². The van der Waals surface area contributed by atoms with Crippen LogP contribution in [0, 0.1) is 5.92 Å². The SMILES string of the molecule is CCNC(CCc1cccc(CC)c1)C(C)C. The van der Waals surface area contributed by atoms with E-state index in [0.717, 1.165) is 13.0 Å². The summed E-state index contributed by atoms with van der Waals surface area (Å²) in [4.78, 5) is 0. The Bertz CT molecular complexity index is 317. The molecule has 1 unspecified atom stereocenters. The normalized spacial score (nSPS) is 13.0. The number of nitrogens with one attached hydrogen (secondary N) is 1. The molecule has 0 spiro atoms. The van der Waals surface area contributed by atoms with Gasteiger partial charge in [0, 0.05) is 6.04 Å². The Hall–Kier alpha value is -0.820. The topological polar surface area (TPSA) is 12.0 Å². The Morgan fingerprint density at radius 2 is 1.82 bits per heavy atom.